The lowest BCUT2D eigenvalue weighted by Gasteiger charge is -2.31. The predicted molar refractivity (Wildman–Crippen MR) is 144 cm³/mol. The molecule has 1 aliphatic carbocycles. The van der Waals surface area contributed by atoms with Gasteiger partial charge in [0.1, 0.15) is 16.8 Å². The maximum absolute atomic E-state index is 13.5. The van der Waals surface area contributed by atoms with Crippen LogP contribution in [0.2, 0.25) is 0 Å². The van der Waals surface area contributed by atoms with Gasteiger partial charge in [0.2, 0.25) is 0 Å². The molecule has 0 unspecified atom stereocenters. The molecule has 0 spiro atoms. The molecule has 2 amide bonds. The van der Waals surface area contributed by atoms with Crippen molar-refractivity contribution in [3.05, 3.63) is 47.5 Å². The number of ketones is 2. The Kier molecular flexibility index (Phi) is 7.65. The van der Waals surface area contributed by atoms with Crippen molar-refractivity contribution >= 4 is 46.4 Å². The molecule has 1 aliphatic rings. The summed E-state index contributed by atoms with van der Waals surface area (Å²) >= 11 is 0. The van der Waals surface area contributed by atoms with Crippen LogP contribution in [0.5, 0.6) is 5.75 Å². The van der Waals surface area contributed by atoms with Gasteiger partial charge in [0.05, 0.1) is 16.8 Å². The van der Waals surface area contributed by atoms with Gasteiger partial charge in [-0.25, -0.2) is 14.4 Å². The summed E-state index contributed by atoms with van der Waals surface area (Å²) in [5.41, 5.74) is -3.81. The molecule has 0 saturated heterocycles. The van der Waals surface area contributed by atoms with Gasteiger partial charge in [-0.1, -0.05) is 24.3 Å². The molecule has 0 radical (unpaired) electrons. The van der Waals surface area contributed by atoms with Crippen LogP contribution in [-0.2, 0) is 14.2 Å². The van der Waals surface area contributed by atoms with Crippen molar-refractivity contribution in [1.82, 2.24) is 0 Å². The summed E-state index contributed by atoms with van der Waals surface area (Å²) < 4.78 is 21.8. The SMILES string of the molecule is CC(C)(C)OC(=O)Oc1c2c(c(N(C(=O)OC(C)(C)C)C(=O)OC(C)(C)C)c3ccccc13)C(=O)C=CC2=O. The van der Waals surface area contributed by atoms with Gasteiger partial charge in [-0.05, 0) is 74.5 Å². The second-order valence-corrected chi connectivity index (χ2v) is 11.9. The first-order valence-electron chi connectivity index (χ1n) is 12.3. The Morgan fingerprint density at radius 1 is 0.641 bits per heavy atom. The highest BCUT2D eigenvalue weighted by molar-refractivity contribution is 6.32. The summed E-state index contributed by atoms with van der Waals surface area (Å²) in [6.07, 6.45) is -1.31. The highest BCUT2D eigenvalue weighted by Crippen LogP contribution is 2.44. The highest BCUT2D eigenvalue weighted by Gasteiger charge is 2.40. The molecule has 0 N–H and O–H groups in total. The summed E-state index contributed by atoms with van der Waals surface area (Å²) in [6.45, 7) is 14.6. The van der Waals surface area contributed by atoms with Crippen LogP contribution >= 0.6 is 0 Å². The number of hydrogen-bond acceptors (Lipinski definition) is 9. The smallest absolute Gasteiger partial charge is 0.443 e. The van der Waals surface area contributed by atoms with E-state index >= 15 is 0 Å². The molecule has 0 bridgehead atoms. The Balaban J connectivity index is 2.42. The number of allylic oxidation sites excluding steroid dienone is 2. The maximum atomic E-state index is 13.5. The van der Waals surface area contributed by atoms with Crippen LogP contribution in [0.1, 0.15) is 83.0 Å². The summed E-state index contributed by atoms with van der Waals surface area (Å²) in [7, 11) is 0. The molecule has 3 rings (SSSR count). The summed E-state index contributed by atoms with van der Waals surface area (Å²) in [5, 5.41) is 0.327. The van der Waals surface area contributed by atoms with E-state index in [1.165, 1.54) is 12.1 Å². The fourth-order valence-electron chi connectivity index (χ4n) is 3.75. The summed E-state index contributed by atoms with van der Waals surface area (Å²) in [5.74, 6) is -1.62. The average Bonchev–Trinajstić information content (AvgIpc) is 2.74. The number of anilines is 1. The monoisotopic (exact) mass is 539 g/mol. The fraction of sp³-hybridized carbons (Fsp3) is 0.414. The van der Waals surface area contributed by atoms with Crippen LogP contribution in [0.25, 0.3) is 10.8 Å². The van der Waals surface area contributed by atoms with Crippen molar-refractivity contribution in [3.63, 3.8) is 0 Å². The maximum Gasteiger partial charge on any atom is 0.514 e. The number of ether oxygens (including phenoxy) is 4. The molecule has 0 aliphatic heterocycles. The molecule has 0 aromatic heterocycles. The van der Waals surface area contributed by atoms with Crippen LogP contribution < -0.4 is 9.64 Å². The molecule has 2 aromatic carbocycles. The number of nitrogens with zero attached hydrogens (tertiary/aromatic N) is 1. The average molecular weight is 540 g/mol. The molecule has 10 heteroatoms. The largest absolute Gasteiger partial charge is 0.514 e. The Hall–Kier alpha value is -4.21. The van der Waals surface area contributed by atoms with E-state index in [4.69, 9.17) is 18.9 Å². The van der Waals surface area contributed by atoms with Gasteiger partial charge in [0.25, 0.3) is 0 Å². The Bertz CT molecular complexity index is 1370. The van der Waals surface area contributed by atoms with Gasteiger partial charge < -0.3 is 18.9 Å². The number of rotatable bonds is 2. The van der Waals surface area contributed by atoms with Crippen molar-refractivity contribution in [3.8, 4) is 5.75 Å². The zero-order valence-corrected chi connectivity index (χ0v) is 23.6. The van der Waals surface area contributed by atoms with Gasteiger partial charge in [-0.15, -0.1) is 0 Å². The fourth-order valence-corrected chi connectivity index (χ4v) is 3.75. The third kappa shape index (κ3) is 6.81. The Morgan fingerprint density at radius 3 is 1.54 bits per heavy atom. The summed E-state index contributed by atoms with van der Waals surface area (Å²) in [4.78, 5) is 66.8. The molecule has 0 heterocycles. The Labute approximate surface area is 226 Å². The Morgan fingerprint density at radius 2 is 1.08 bits per heavy atom. The minimum Gasteiger partial charge on any atom is -0.443 e. The molecule has 10 nitrogen and oxygen atoms in total. The van der Waals surface area contributed by atoms with Crippen LogP contribution in [0.3, 0.4) is 0 Å². The number of carbonyl (C=O) groups is 5. The molecule has 39 heavy (non-hydrogen) atoms. The van der Waals surface area contributed by atoms with Crippen molar-refractivity contribution in [2.75, 3.05) is 4.90 Å². The van der Waals surface area contributed by atoms with Gasteiger partial charge in [-0.2, -0.15) is 4.90 Å². The molecular weight excluding hydrogens is 506 g/mol. The van der Waals surface area contributed by atoms with Gasteiger partial charge >= 0.3 is 18.3 Å². The van der Waals surface area contributed by atoms with Gasteiger partial charge in [0, 0.05) is 10.8 Å². The number of amides is 2. The van der Waals surface area contributed by atoms with Gasteiger partial charge in [-0.3, -0.25) is 9.59 Å². The molecule has 208 valence electrons. The second kappa shape index (κ2) is 10.2. The minimum absolute atomic E-state index is 0.156. The molecule has 2 aromatic rings. The standard InChI is InChI=1S/C29H33NO9/c1-27(2,3)37-24(33)30(25(34)38-28(4,5)6)22-16-12-10-11-13-17(16)23(36-26(35)39-29(7,8)9)21-19(32)15-14-18(31)20(21)22/h10-15H,1-9H3. The van der Waals surface area contributed by atoms with E-state index in [-0.39, 0.29) is 33.3 Å². The first kappa shape index (κ1) is 29.3. The van der Waals surface area contributed by atoms with Crippen molar-refractivity contribution in [2.24, 2.45) is 0 Å². The number of carbonyl (C=O) groups excluding carboxylic acids is 5. The van der Waals surface area contributed by atoms with Crippen LogP contribution in [-0.4, -0.2) is 46.7 Å². The van der Waals surface area contributed by atoms with E-state index in [1.807, 2.05) is 0 Å². The van der Waals surface area contributed by atoms with Crippen molar-refractivity contribution in [1.29, 1.82) is 0 Å². The van der Waals surface area contributed by atoms with Gasteiger partial charge in [0.15, 0.2) is 17.3 Å². The lowest BCUT2D eigenvalue weighted by Crippen LogP contribution is -2.44. The van der Waals surface area contributed by atoms with Crippen molar-refractivity contribution < 1.29 is 42.9 Å². The number of hydrogen-bond donors (Lipinski definition) is 0. The van der Waals surface area contributed by atoms with E-state index in [9.17, 15) is 24.0 Å². The molecule has 0 atom stereocenters. The quantitative estimate of drug-likeness (QED) is 0.231. The number of imide groups is 1. The zero-order valence-electron chi connectivity index (χ0n) is 23.6. The number of benzene rings is 2. The highest BCUT2D eigenvalue weighted by atomic mass is 16.7. The van der Waals surface area contributed by atoms with E-state index in [2.05, 4.69) is 0 Å². The van der Waals surface area contributed by atoms with E-state index in [1.54, 1.807) is 74.4 Å². The van der Waals surface area contributed by atoms with Crippen LogP contribution in [0.15, 0.2) is 36.4 Å². The van der Waals surface area contributed by atoms with E-state index in [0.717, 1.165) is 12.2 Å². The summed E-state index contributed by atoms with van der Waals surface area (Å²) in [6, 6.07) is 6.25. The van der Waals surface area contributed by atoms with E-state index in [0.29, 0.717) is 4.90 Å². The topological polar surface area (TPSA) is 126 Å². The van der Waals surface area contributed by atoms with Crippen molar-refractivity contribution in [2.45, 2.75) is 79.1 Å². The normalized spacial score (nSPS) is 13.6. The first-order chi connectivity index (χ1) is 17.8. The second-order valence-electron chi connectivity index (χ2n) is 11.9. The van der Waals surface area contributed by atoms with Crippen LogP contribution in [0, 0.1) is 0 Å². The molecule has 0 saturated carbocycles. The lowest BCUT2D eigenvalue weighted by molar-refractivity contribution is 0.0206. The number of fused-ring (bicyclic) bond motifs is 2. The zero-order chi connectivity index (χ0) is 29.5. The first-order valence-corrected chi connectivity index (χ1v) is 12.3. The third-order valence-electron chi connectivity index (χ3n) is 4.97. The third-order valence-corrected chi connectivity index (χ3v) is 4.97. The lowest BCUT2D eigenvalue weighted by atomic mass is 9.88. The molecule has 0 fully saturated rings. The van der Waals surface area contributed by atoms with Crippen LogP contribution in [0.4, 0.5) is 20.1 Å². The molecular formula is C29H33NO9. The predicted octanol–water partition coefficient (Wildman–Crippen LogP) is 6.77. The van der Waals surface area contributed by atoms with E-state index < -0.39 is 46.7 Å². The minimum atomic E-state index is -1.13.